The molecule has 2 aromatic rings. The van der Waals surface area contributed by atoms with Crippen LogP contribution in [0.5, 0.6) is 0 Å². The fourth-order valence-corrected chi connectivity index (χ4v) is 2.33. The predicted molar refractivity (Wildman–Crippen MR) is 76.0 cm³/mol. The van der Waals surface area contributed by atoms with Gasteiger partial charge in [0.25, 0.3) is 0 Å². The lowest BCUT2D eigenvalue weighted by molar-refractivity contribution is -0.121. The van der Waals surface area contributed by atoms with Crippen molar-refractivity contribution in [3.8, 4) is 0 Å². The van der Waals surface area contributed by atoms with Gasteiger partial charge in [0.15, 0.2) is 11.0 Å². The first-order chi connectivity index (χ1) is 10.5. The van der Waals surface area contributed by atoms with Gasteiger partial charge in [-0.15, -0.1) is 10.2 Å². The van der Waals surface area contributed by atoms with E-state index in [1.54, 1.807) is 6.07 Å². The van der Waals surface area contributed by atoms with Crippen LogP contribution in [-0.4, -0.2) is 16.1 Å². The van der Waals surface area contributed by atoms with Crippen LogP contribution in [0, 0.1) is 17.6 Å². The third kappa shape index (κ3) is 3.14. The van der Waals surface area contributed by atoms with Crippen LogP contribution in [0.3, 0.4) is 0 Å². The Balaban J connectivity index is 1.58. The standard InChI is InChI=1S/C14H11ClF2N4O/c15-12-3-4-13(19-18-12)20-21-14(22)10-6-8(10)9-5-7(16)1-2-11(9)17/h1-5,8,10H,6H2,(H,19,20)(H,21,22)/t8-,10+/m1/s1. The number of nitrogens with one attached hydrogen (secondary N) is 2. The van der Waals surface area contributed by atoms with Gasteiger partial charge in [0.2, 0.25) is 5.91 Å². The van der Waals surface area contributed by atoms with Crippen LogP contribution in [0.1, 0.15) is 17.9 Å². The van der Waals surface area contributed by atoms with E-state index < -0.39 is 17.6 Å². The maximum Gasteiger partial charge on any atom is 0.242 e. The van der Waals surface area contributed by atoms with E-state index in [4.69, 9.17) is 11.6 Å². The summed E-state index contributed by atoms with van der Waals surface area (Å²) in [6.07, 6.45) is 0.472. The molecule has 1 heterocycles. The Morgan fingerprint density at radius 2 is 2.05 bits per heavy atom. The molecule has 3 rings (SSSR count). The Bertz CT molecular complexity index is 710. The summed E-state index contributed by atoms with van der Waals surface area (Å²) in [5.41, 5.74) is 5.28. The zero-order valence-corrected chi connectivity index (χ0v) is 11.9. The number of carbonyl (C=O) groups excluding carboxylic acids is 1. The van der Waals surface area contributed by atoms with Crippen LogP contribution >= 0.6 is 11.6 Å². The molecular formula is C14H11ClF2N4O. The first-order valence-corrected chi connectivity index (χ1v) is 6.92. The number of benzene rings is 1. The van der Waals surface area contributed by atoms with Gasteiger partial charge in [0, 0.05) is 5.92 Å². The summed E-state index contributed by atoms with van der Waals surface area (Å²) >= 11 is 5.59. The lowest BCUT2D eigenvalue weighted by atomic mass is 10.1. The summed E-state index contributed by atoms with van der Waals surface area (Å²) in [5, 5.41) is 7.56. The van der Waals surface area contributed by atoms with E-state index in [0.717, 1.165) is 18.2 Å². The topological polar surface area (TPSA) is 66.9 Å². The van der Waals surface area contributed by atoms with Crippen molar-refractivity contribution in [1.82, 2.24) is 15.6 Å². The van der Waals surface area contributed by atoms with E-state index in [1.165, 1.54) is 6.07 Å². The van der Waals surface area contributed by atoms with Gasteiger partial charge < -0.3 is 0 Å². The Hall–Kier alpha value is -2.28. The Labute approximate surface area is 129 Å². The highest BCUT2D eigenvalue weighted by molar-refractivity contribution is 6.29. The Morgan fingerprint density at radius 1 is 1.23 bits per heavy atom. The molecule has 1 amide bonds. The highest BCUT2D eigenvalue weighted by atomic mass is 35.5. The molecule has 1 aromatic heterocycles. The molecule has 1 saturated carbocycles. The number of anilines is 1. The lowest BCUT2D eigenvalue weighted by Gasteiger charge is -2.07. The van der Waals surface area contributed by atoms with Crippen LogP contribution < -0.4 is 10.9 Å². The number of halogens is 3. The summed E-state index contributed by atoms with van der Waals surface area (Å²) in [6.45, 7) is 0. The van der Waals surface area contributed by atoms with Crippen LogP contribution in [-0.2, 0) is 4.79 Å². The molecule has 0 spiro atoms. The average molecular weight is 325 g/mol. The van der Waals surface area contributed by atoms with E-state index in [0.29, 0.717) is 12.2 Å². The Kier molecular flexibility index (Phi) is 3.89. The second-order valence-electron chi connectivity index (χ2n) is 4.97. The fraction of sp³-hybridized carbons (Fsp3) is 0.214. The second kappa shape index (κ2) is 5.84. The van der Waals surface area contributed by atoms with Crippen molar-refractivity contribution in [2.45, 2.75) is 12.3 Å². The molecule has 0 radical (unpaired) electrons. The number of hydrogen-bond donors (Lipinski definition) is 2. The molecule has 0 aliphatic heterocycles. The van der Waals surface area contributed by atoms with Crippen LogP contribution in [0.15, 0.2) is 30.3 Å². The first kappa shape index (κ1) is 14.6. The van der Waals surface area contributed by atoms with Gasteiger partial charge in [-0.25, -0.2) is 8.78 Å². The molecule has 5 nitrogen and oxygen atoms in total. The van der Waals surface area contributed by atoms with E-state index in [1.807, 2.05) is 0 Å². The maximum absolute atomic E-state index is 13.6. The molecule has 1 fully saturated rings. The summed E-state index contributed by atoms with van der Waals surface area (Å²) in [6, 6.07) is 6.32. The highest BCUT2D eigenvalue weighted by Crippen LogP contribution is 2.48. The van der Waals surface area contributed by atoms with Crippen molar-refractivity contribution < 1.29 is 13.6 Å². The van der Waals surface area contributed by atoms with Gasteiger partial charge in [0.1, 0.15) is 11.6 Å². The highest BCUT2D eigenvalue weighted by Gasteiger charge is 2.45. The maximum atomic E-state index is 13.6. The SMILES string of the molecule is O=C(NNc1ccc(Cl)nn1)[C@H]1C[C@@H]1c1cc(F)ccc1F. The third-order valence-electron chi connectivity index (χ3n) is 3.43. The molecule has 114 valence electrons. The van der Waals surface area contributed by atoms with E-state index in [-0.39, 0.29) is 22.5 Å². The van der Waals surface area contributed by atoms with Gasteiger partial charge in [-0.2, -0.15) is 0 Å². The molecule has 22 heavy (non-hydrogen) atoms. The molecule has 2 atom stereocenters. The number of hydrogen-bond acceptors (Lipinski definition) is 4. The van der Waals surface area contributed by atoms with Crippen molar-refractivity contribution in [2.24, 2.45) is 5.92 Å². The number of nitrogens with zero attached hydrogens (tertiary/aromatic N) is 2. The summed E-state index contributed by atoms with van der Waals surface area (Å²) in [4.78, 5) is 12.0. The average Bonchev–Trinajstić information content (AvgIpc) is 3.29. The molecule has 0 saturated heterocycles. The second-order valence-corrected chi connectivity index (χ2v) is 5.36. The molecule has 0 unspecified atom stereocenters. The first-order valence-electron chi connectivity index (χ1n) is 6.54. The normalized spacial score (nSPS) is 19.6. The lowest BCUT2D eigenvalue weighted by Crippen LogP contribution is -2.31. The van der Waals surface area contributed by atoms with Gasteiger partial charge in [-0.05, 0) is 48.2 Å². The minimum Gasteiger partial charge on any atom is -0.280 e. The summed E-state index contributed by atoms with van der Waals surface area (Å²) in [5.74, 6) is -1.72. The van der Waals surface area contributed by atoms with Crippen molar-refractivity contribution in [3.05, 3.63) is 52.7 Å². The van der Waals surface area contributed by atoms with Gasteiger partial charge in [-0.3, -0.25) is 15.6 Å². The molecular weight excluding hydrogens is 314 g/mol. The monoisotopic (exact) mass is 324 g/mol. The van der Waals surface area contributed by atoms with Crippen molar-refractivity contribution in [1.29, 1.82) is 0 Å². The van der Waals surface area contributed by atoms with Crippen LogP contribution in [0.2, 0.25) is 5.15 Å². The van der Waals surface area contributed by atoms with Crippen molar-refractivity contribution in [2.75, 3.05) is 5.43 Å². The molecule has 0 bridgehead atoms. The summed E-state index contributed by atoms with van der Waals surface area (Å²) in [7, 11) is 0. The van der Waals surface area contributed by atoms with Crippen molar-refractivity contribution >= 4 is 23.3 Å². The predicted octanol–water partition coefficient (Wildman–Crippen LogP) is 2.66. The van der Waals surface area contributed by atoms with Gasteiger partial charge >= 0.3 is 0 Å². The minimum atomic E-state index is -0.517. The summed E-state index contributed by atoms with van der Waals surface area (Å²) < 4.78 is 26.8. The number of carbonyl (C=O) groups is 1. The number of hydrazine groups is 1. The smallest absolute Gasteiger partial charge is 0.242 e. The van der Waals surface area contributed by atoms with Crippen molar-refractivity contribution in [3.63, 3.8) is 0 Å². The van der Waals surface area contributed by atoms with E-state index >= 15 is 0 Å². The molecule has 1 aromatic carbocycles. The molecule has 2 N–H and O–H groups in total. The van der Waals surface area contributed by atoms with E-state index in [9.17, 15) is 13.6 Å². The number of aromatic nitrogens is 2. The molecule has 8 heteroatoms. The quantitative estimate of drug-likeness (QED) is 0.849. The van der Waals surface area contributed by atoms with Crippen LogP contribution in [0.25, 0.3) is 0 Å². The zero-order chi connectivity index (χ0) is 15.7. The number of amides is 1. The van der Waals surface area contributed by atoms with Gasteiger partial charge in [0.05, 0.1) is 0 Å². The number of rotatable bonds is 4. The van der Waals surface area contributed by atoms with E-state index in [2.05, 4.69) is 21.0 Å². The molecule has 1 aliphatic rings. The largest absolute Gasteiger partial charge is 0.280 e. The molecule has 1 aliphatic carbocycles. The zero-order valence-electron chi connectivity index (χ0n) is 11.2. The van der Waals surface area contributed by atoms with Crippen LogP contribution in [0.4, 0.5) is 14.6 Å². The minimum absolute atomic E-state index is 0.228. The Morgan fingerprint density at radius 3 is 2.77 bits per heavy atom. The fourth-order valence-electron chi connectivity index (χ4n) is 2.23. The third-order valence-corrected chi connectivity index (χ3v) is 3.63. The van der Waals surface area contributed by atoms with Gasteiger partial charge in [-0.1, -0.05) is 11.6 Å².